The van der Waals surface area contributed by atoms with Crippen molar-refractivity contribution in [2.75, 3.05) is 5.32 Å². The minimum atomic E-state index is -4.83. The van der Waals surface area contributed by atoms with E-state index in [-0.39, 0.29) is 29.0 Å². The van der Waals surface area contributed by atoms with Crippen LogP contribution in [-0.2, 0) is 17.5 Å². The molecule has 2 N–H and O–H groups in total. The summed E-state index contributed by atoms with van der Waals surface area (Å²) in [6.45, 7) is -0.456. The van der Waals surface area contributed by atoms with E-state index < -0.39 is 30.0 Å². The zero-order valence-corrected chi connectivity index (χ0v) is 13.8. The van der Waals surface area contributed by atoms with Crippen molar-refractivity contribution >= 4 is 17.8 Å². The number of aromatic nitrogens is 2. The molecule has 1 aliphatic rings. The quantitative estimate of drug-likeness (QED) is 0.779. The summed E-state index contributed by atoms with van der Waals surface area (Å²) in [7, 11) is 0. The Bertz CT molecular complexity index is 881. The first-order valence-corrected chi connectivity index (χ1v) is 8.02. The van der Waals surface area contributed by atoms with Crippen molar-refractivity contribution in [3.05, 3.63) is 53.1 Å². The summed E-state index contributed by atoms with van der Waals surface area (Å²) in [5, 5.41) is 4.78. The van der Waals surface area contributed by atoms with Crippen LogP contribution in [0.3, 0.4) is 0 Å². The first-order valence-electron chi connectivity index (χ1n) is 8.02. The molecular weight excluding hydrogens is 368 g/mol. The number of benzene rings is 1. The van der Waals surface area contributed by atoms with E-state index in [9.17, 15) is 27.2 Å². The van der Waals surface area contributed by atoms with Crippen molar-refractivity contribution in [1.29, 1.82) is 0 Å². The highest BCUT2D eigenvalue weighted by atomic mass is 19.4. The number of carbonyl (C=O) groups is 2. The van der Waals surface area contributed by atoms with Crippen molar-refractivity contribution in [1.82, 2.24) is 15.3 Å². The normalized spacial score (nSPS) is 13.9. The maximum absolute atomic E-state index is 14.0. The van der Waals surface area contributed by atoms with Crippen LogP contribution in [0.4, 0.5) is 23.5 Å². The SMILES string of the molecule is O=C(NCc1cccc(C(F)(F)F)c1F)c1ccnc(NC(=O)C2CC2)n1. The van der Waals surface area contributed by atoms with Crippen LogP contribution < -0.4 is 10.6 Å². The maximum atomic E-state index is 14.0. The van der Waals surface area contributed by atoms with E-state index in [0.29, 0.717) is 6.07 Å². The van der Waals surface area contributed by atoms with Gasteiger partial charge in [0, 0.05) is 24.2 Å². The van der Waals surface area contributed by atoms with Gasteiger partial charge >= 0.3 is 6.18 Å². The van der Waals surface area contributed by atoms with Gasteiger partial charge in [0.15, 0.2) is 0 Å². The molecule has 0 atom stereocenters. The minimum absolute atomic E-state index is 0.0511. The Morgan fingerprint density at radius 2 is 1.93 bits per heavy atom. The standard InChI is InChI=1S/C17H14F4N4O2/c18-13-10(2-1-3-11(13)17(19,20)21)8-23-15(27)12-6-7-22-16(24-12)25-14(26)9-4-5-9/h1-3,6-7,9H,4-5,8H2,(H,23,27)(H,22,24,25,26). The molecule has 6 nitrogen and oxygen atoms in total. The van der Waals surface area contributed by atoms with Gasteiger partial charge < -0.3 is 5.32 Å². The molecule has 1 saturated carbocycles. The molecule has 142 valence electrons. The van der Waals surface area contributed by atoms with Crippen molar-refractivity contribution in [3.8, 4) is 0 Å². The zero-order valence-electron chi connectivity index (χ0n) is 13.8. The number of amides is 2. The van der Waals surface area contributed by atoms with Gasteiger partial charge in [-0.15, -0.1) is 0 Å². The number of hydrogen-bond donors (Lipinski definition) is 2. The van der Waals surface area contributed by atoms with E-state index in [1.165, 1.54) is 12.3 Å². The predicted molar refractivity (Wildman–Crippen MR) is 86.0 cm³/mol. The van der Waals surface area contributed by atoms with E-state index in [1.807, 2.05) is 0 Å². The van der Waals surface area contributed by atoms with E-state index in [2.05, 4.69) is 20.6 Å². The van der Waals surface area contributed by atoms with Crippen LogP contribution in [0.2, 0.25) is 0 Å². The van der Waals surface area contributed by atoms with Crippen LogP contribution in [0.15, 0.2) is 30.5 Å². The molecule has 2 amide bonds. The molecule has 1 aromatic carbocycles. The molecule has 1 aliphatic carbocycles. The first-order chi connectivity index (χ1) is 12.8. The van der Waals surface area contributed by atoms with Gasteiger partial charge in [0.05, 0.1) is 5.56 Å². The monoisotopic (exact) mass is 382 g/mol. The fourth-order valence-electron chi connectivity index (χ4n) is 2.30. The number of alkyl halides is 3. The molecule has 3 rings (SSSR count). The number of halogens is 4. The summed E-state index contributed by atoms with van der Waals surface area (Å²) in [5.74, 6) is -2.54. The number of rotatable bonds is 5. The van der Waals surface area contributed by atoms with Crippen molar-refractivity contribution in [3.63, 3.8) is 0 Å². The molecule has 2 aromatic rings. The lowest BCUT2D eigenvalue weighted by atomic mass is 10.1. The van der Waals surface area contributed by atoms with Gasteiger partial charge in [-0.2, -0.15) is 13.2 Å². The summed E-state index contributed by atoms with van der Waals surface area (Å²) in [5.41, 5.74) is -1.82. The van der Waals surface area contributed by atoms with Gasteiger partial charge in [0.2, 0.25) is 11.9 Å². The Hall–Kier alpha value is -3.04. The van der Waals surface area contributed by atoms with Gasteiger partial charge in [0.25, 0.3) is 5.91 Å². The maximum Gasteiger partial charge on any atom is 0.419 e. The molecule has 0 radical (unpaired) electrons. The van der Waals surface area contributed by atoms with Gasteiger partial charge in [0.1, 0.15) is 11.5 Å². The van der Waals surface area contributed by atoms with E-state index in [0.717, 1.165) is 25.0 Å². The van der Waals surface area contributed by atoms with Crippen LogP contribution in [0.5, 0.6) is 0 Å². The largest absolute Gasteiger partial charge is 0.419 e. The second kappa shape index (κ2) is 7.29. The van der Waals surface area contributed by atoms with Crippen LogP contribution in [-0.4, -0.2) is 21.8 Å². The topological polar surface area (TPSA) is 84.0 Å². The molecule has 27 heavy (non-hydrogen) atoms. The average Bonchev–Trinajstić information content (AvgIpc) is 3.45. The highest BCUT2D eigenvalue weighted by molar-refractivity contribution is 5.94. The molecule has 1 aromatic heterocycles. The minimum Gasteiger partial charge on any atom is -0.347 e. The molecule has 0 spiro atoms. The average molecular weight is 382 g/mol. The van der Waals surface area contributed by atoms with E-state index in [4.69, 9.17) is 0 Å². The van der Waals surface area contributed by atoms with Crippen LogP contribution >= 0.6 is 0 Å². The van der Waals surface area contributed by atoms with Crippen LogP contribution in [0.25, 0.3) is 0 Å². The third-order valence-electron chi connectivity index (χ3n) is 3.89. The predicted octanol–water partition coefficient (Wildman–Crippen LogP) is 2.91. The number of anilines is 1. The highest BCUT2D eigenvalue weighted by Crippen LogP contribution is 2.32. The summed E-state index contributed by atoms with van der Waals surface area (Å²) < 4.78 is 52.1. The second-order valence-electron chi connectivity index (χ2n) is 5.99. The molecular formula is C17H14F4N4O2. The number of carbonyl (C=O) groups excluding carboxylic acids is 2. The van der Waals surface area contributed by atoms with Gasteiger partial charge in [-0.05, 0) is 25.0 Å². The van der Waals surface area contributed by atoms with Crippen molar-refractivity contribution < 1.29 is 27.2 Å². The van der Waals surface area contributed by atoms with Crippen molar-refractivity contribution in [2.24, 2.45) is 5.92 Å². The Morgan fingerprint density at radius 3 is 2.59 bits per heavy atom. The van der Waals surface area contributed by atoms with Crippen LogP contribution in [0, 0.1) is 11.7 Å². The molecule has 0 unspecified atom stereocenters. The molecule has 1 fully saturated rings. The van der Waals surface area contributed by atoms with Crippen LogP contribution in [0.1, 0.15) is 34.5 Å². The van der Waals surface area contributed by atoms with E-state index >= 15 is 0 Å². The van der Waals surface area contributed by atoms with Gasteiger partial charge in [-0.1, -0.05) is 12.1 Å². The fraction of sp³-hybridized carbons (Fsp3) is 0.294. The summed E-state index contributed by atoms with van der Waals surface area (Å²) >= 11 is 0. The first kappa shape index (κ1) is 18.7. The van der Waals surface area contributed by atoms with Gasteiger partial charge in [-0.25, -0.2) is 14.4 Å². The third-order valence-corrected chi connectivity index (χ3v) is 3.89. The van der Waals surface area contributed by atoms with Crippen molar-refractivity contribution in [2.45, 2.75) is 25.6 Å². The smallest absolute Gasteiger partial charge is 0.347 e. The Balaban J connectivity index is 1.67. The lowest BCUT2D eigenvalue weighted by molar-refractivity contribution is -0.140. The molecule has 0 saturated heterocycles. The zero-order chi connectivity index (χ0) is 19.6. The Morgan fingerprint density at radius 1 is 1.19 bits per heavy atom. The number of nitrogens with one attached hydrogen (secondary N) is 2. The summed E-state index contributed by atoms with van der Waals surface area (Å²) in [6.07, 6.45) is -2.00. The lowest BCUT2D eigenvalue weighted by Gasteiger charge is -2.12. The molecule has 0 aliphatic heterocycles. The summed E-state index contributed by atoms with van der Waals surface area (Å²) in [4.78, 5) is 31.5. The highest BCUT2D eigenvalue weighted by Gasteiger charge is 2.34. The molecule has 10 heteroatoms. The molecule has 0 bridgehead atoms. The Labute approximate surface area is 151 Å². The number of hydrogen-bond acceptors (Lipinski definition) is 4. The van der Waals surface area contributed by atoms with Gasteiger partial charge in [-0.3, -0.25) is 14.9 Å². The molecule has 1 heterocycles. The lowest BCUT2D eigenvalue weighted by Crippen LogP contribution is -2.25. The summed E-state index contributed by atoms with van der Waals surface area (Å²) in [6, 6.07) is 4.10. The number of nitrogens with zero attached hydrogens (tertiary/aromatic N) is 2. The second-order valence-corrected chi connectivity index (χ2v) is 5.99. The van der Waals surface area contributed by atoms with E-state index in [1.54, 1.807) is 0 Å². The Kier molecular flexibility index (Phi) is 5.06. The fourth-order valence-corrected chi connectivity index (χ4v) is 2.30. The third kappa shape index (κ3) is 4.57.